The molecule has 2 aromatic rings. The van der Waals surface area contributed by atoms with E-state index in [-0.39, 0.29) is 12.2 Å². The first-order valence-electron chi connectivity index (χ1n) is 5.23. The summed E-state index contributed by atoms with van der Waals surface area (Å²) in [5.74, 6) is 2.48. The Hall–Kier alpha value is -2.07. The first-order chi connectivity index (χ1) is 7.81. The molecule has 0 aliphatic heterocycles. The molecule has 1 heteroatoms. The average molecular weight is 208 g/mol. The van der Waals surface area contributed by atoms with Crippen LogP contribution in [0.15, 0.2) is 42.5 Å². The van der Waals surface area contributed by atoms with Crippen LogP contribution in [0.3, 0.4) is 0 Å². The Morgan fingerprint density at radius 3 is 2.69 bits per heavy atom. The number of hydrogen-bond donors (Lipinski definition) is 0. The molecular formula is C15H12O. The van der Waals surface area contributed by atoms with Crippen LogP contribution in [0.4, 0.5) is 0 Å². The maximum absolute atomic E-state index is 11.5. The van der Waals surface area contributed by atoms with Crippen LogP contribution in [0.5, 0.6) is 0 Å². The van der Waals surface area contributed by atoms with Crippen molar-refractivity contribution in [1.29, 1.82) is 0 Å². The van der Waals surface area contributed by atoms with Crippen LogP contribution in [-0.2, 0) is 11.2 Å². The number of Topliss-reactive ketones (excluding diaryl/α,β-unsaturated/α-hetero) is 1. The van der Waals surface area contributed by atoms with Crippen molar-refractivity contribution in [3.63, 3.8) is 0 Å². The summed E-state index contributed by atoms with van der Waals surface area (Å²) in [5.41, 5.74) is 1.05. The maximum atomic E-state index is 11.5. The predicted octanol–water partition coefficient (Wildman–Crippen LogP) is 2.97. The zero-order chi connectivity index (χ0) is 11.4. The lowest BCUT2D eigenvalue weighted by molar-refractivity contribution is -0.117. The standard InChI is InChI=1S/C15H12O/c1-2-6-14(16)11-13-9-5-8-12-7-3-4-10-15(12)13/h1,3-5,7-10H,6,11H2. The number of carbonyl (C=O) groups excluding carboxylic acids is 1. The van der Waals surface area contributed by atoms with Gasteiger partial charge in [-0.05, 0) is 16.3 Å². The van der Waals surface area contributed by atoms with E-state index in [1.165, 1.54) is 0 Å². The fourth-order valence-electron chi connectivity index (χ4n) is 1.84. The first kappa shape index (κ1) is 10.4. The average Bonchev–Trinajstić information content (AvgIpc) is 2.30. The number of rotatable bonds is 3. The monoisotopic (exact) mass is 208 g/mol. The highest BCUT2D eigenvalue weighted by atomic mass is 16.1. The molecule has 0 aliphatic rings. The van der Waals surface area contributed by atoms with E-state index in [0.717, 1.165) is 16.3 Å². The van der Waals surface area contributed by atoms with E-state index < -0.39 is 0 Å². The van der Waals surface area contributed by atoms with E-state index in [1.54, 1.807) is 0 Å². The van der Waals surface area contributed by atoms with Crippen molar-refractivity contribution in [2.24, 2.45) is 0 Å². The molecule has 0 saturated carbocycles. The number of hydrogen-bond acceptors (Lipinski definition) is 1. The minimum atomic E-state index is 0.0962. The summed E-state index contributed by atoms with van der Waals surface area (Å²) in [6.07, 6.45) is 5.76. The highest BCUT2D eigenvalue weighted by Gasteiger charge is 2.05. The van der Waals surface area contributed by atoms with Gasteiger partial charge >= 0.3 is 0 Å². The first-order valence-corrected chi connectivity index (χ1v) is 5.23. The lowest BCUT2D eigenvalue weighted by Gasteiger charge is -2.04. The summed E-state index contributed by atoms with van der Waals surface area (Å²) in [5, 5.41) is 2.30. The lowest BCUT2D eigenvalue weighted by Crippen LogP contribution is -2.01. The molecule has 0 amide bonds. The Balaban J connectivity index is 2.38. The van der Waals surface area contributed by atoms with Crippen molar-refractivity contribution in [3.8, 4) is 12.3 Å². The molecular weight excluding hydrogens is 196 g/mol. The van der Waals surface area contributed by atoms with Gasteiger partial charge < -0.3 is 0 Å². The van der Waals surface area contributed by atoms with Crippen molar-refractivity contribution in [3.05, 3.63) is 48.0 Å². The SMILES string of the molecule is C#CCC(=O)Cc1cccc2ccccc12. The van der Waals surface area contributed by atoms with Crippen LogP contribution in [0.25, 0.3) is 10.8 Å². The third-order valence-electron chi connectivity index (χ3n) is 2.57. The second-order valence-electron chi connectivity index (χ2n) is 3.73. The van der Waals surface area contributed by atoms with Crippen LogP contribution in [0.2, 0.25) is 0 Å². The Morgan fingerprint density at radius 2 is 1.88 bits per heavy atom. The minimum Gasteiger partial charge on any atom is -0.298 e. The van der Waals surface area contributed by atoms with Gasteiger partial charge in [-0.3, -0.25) is 4.79 Å². The Labute approximate surface area is 95.1 Å². The summed E-state index contributed by atoms with van der Waals surface area (Å²) in [7, 11) is 0. The molecule has 0 aromatic heterocycles. The van der Waals surface area contributed by atoms with Gasteiger partial charge in [0.1, 0.15) is 5.78 Å². The number of benzene rings is 2. The van der Waals surface area contributed by atoms with Gasteiger partial charge in [0.15, 0.2) is 0 Å². The van der Waals surface area contributed by atoms with E-state index in [9.17, 15) is 4.79 Å². The topological polar surface area (TPSA) is 17.1 Å². The van der Waals surface area contributed by atoms with Crippen LogP contribution in [0.1, 0.15) is 12.0 Å². The summed E-state index contributed by atoms with van der Waals surface area (Å²) in [6.45, 7) is 0. The van der Waals surface area contributed by atoms with Crippen molar-refractivity contribution in [2.45, 2.75) is 12.8 Å². The second-order valence-corrected chi connectivity index (χ2v) is 3.73. The molecule has 1 nitrogen and oxygen atoms in total. The van der Waals surface area contributed by atoms with E-state index in [4.69, 9.17) is 6.42 Å². The fourth-order valence-corrected chi connectivity index (χ4v) is 1.84. The Bertz CT molecular complexity index is 556. The summed E-state index contributed by atoms with van der Waals surface area (Å²) >= 11 is 0. The minimum absolute atomic E-state index is 0.0962. The van der Waals surface area contributed by atoms with E-state index in [1.807, 2.05) is 42.5 Å². The zero-order valence-corrected chi connectivity index (χ0v) is 8.94. The van der Waals surface area contributed by atoms with Crippen LogP contribution in [-0.4, -0.2) is 5.78 Å². The van der Waals surface area contributed by atoms with Crippen molar-refractivity contribution in [2.75, 3.05) is 0 Å². The molecule has 0 unspecified atom stereocenters. The van der Waals surface area contributed by atoms with Gasteiger partial charge in [-0.2, -0.15) is 0 Å². The predicted molar refractivity (Wildman–Crippen MR) is 66.1 cm³/mol. The molecule has 0 radical (unpaired) electrons. The molecule has 0 spiro atoms. The molecule has 0 heterocycles. The Kier molecular flexibility index (Phi) is 3.03. The van der Waals surface area contributed by atoms with Gasteiger partial charge in [0, 0.05) is 6.42 Å². The molecule has 2 aromatic carbocycles. The molecule has 0 aliphatic carbocycles. The van der Waals surface area contributed by atoms with E-state index in [0.29, 0.717) is 6.42 Å². The Morgan fingerprint density at radius 1 is 1.12 bits per heavy atom. The molecule has 0 bridgehead atoms. The maximum Gasteiger partial charge on any atom is 0.149 e. The smallest absolute Gasteiger partial charge is 0.149 e. The second kappa shape index (κ2) is 4.63. The van der Waals surface area contributed by atoms with Gasteiger partial charge in [-0.25, -0.2) is 0 Å². The number of ketones is 1. The van der Waals surface area contributed by atoms with Gasteiger partial charge in [0.25, 0.3) is 0 Å². The van der Waals surface area contributed by atoms with Crippen LogP contribution >= 0.6 is 0 Å². The molecule has 0 N–H and O–H groups in total. The molecule has 0 atom stereocenters. The van der Waals surface area contributed by atoms with E-state index >= 15 is 0 Å². The summed E-state index contributed by atoms with van der Waals surface area (Å²) in [4.78, 5) is 11.5. The molecule has 0 saturated heterocycles. The largest absolute Gasteiger partial charge is 0.298 e. The van der Waals surface area contributed by atoms with Crippen LogP contribution < -0.4 is 0 Å². The fraction of sp³-hybridized carbons (Fsp3) is 0.133. The third kappa shape index (κ3) is 2.12. The summed E-state index contributed by atoms with van der Waals surface area (Å²) in [6, 6.07) is 14.1. The molecule has 2 rings (SSSR count). The van der Waals surface area contributed by atoms with Crippen LogP contribution in [0, 0.1) is 12.3 Å². The highest BCUT2D eigenvalue weighted by Crippen LogP contribution is 2.19. The third-order valence-corrected chi connectivity index (χ3v) is 2.57. The number of carbonyl (C=O) groups is 1. The van der Waals surface area contributed by atoms with Gasteiger partial charge in [0.2, 0.25) is 0 Å². The van der Waals surface area contributed by atoms with Gasteiger partial charge in [-0.1, -0.05) is 48.4 Å². The van der Waals surface area contributed by atoms with Gasteiger partial charge in [-0.15, -0.1) is 6.42 Å². The van der Waals surface area contributed by atoms with E-state index in [2.05, 4.69) is 5.92 Å². The molecule has 0 fully saturated rings. The quantitative estimate of drug-likeness (QED) is 0.709. The number of fused-ring (bicyclic) bond motifs is 1. The van der Waals surface area contributed by atoms with Crippen molar-refractivity contribution in [1.82, 2.24) is 0 Å². The number of terminal acetylenes is 1. The lowest BCUT2D eigenvalue weighted by atomic mass is 10.00. The van der Waals surface area contributed by atoms with Crippen molar-refractivity contribution >= 4 is 16.6 Å². The highest BCUT2D eigenvalue weighted by molar-refractivity contribution is 5.91. The van der Waals surface area contributed by atoms with Gasteiger partial charge in [0.05, 0.1) is 6.42 Å². The normalized spacial score (nSPS) is 9.94. The van der Waals surface area contributed by atoms with Crippen molar-refractivity contribution < 1.29 is 4.79 Å². The molecule has 16 heavy (non-hydrogen) atoms. The summed E-state index contributed by atoms with van der Waals surface area (Å²) < 4.78 is 0. The molecule has 78 valence electrons. The zero-order valence-electron chi connectivity index (χ0n) is 8.94.